The van der Waals surface area contributed by atoms with Gasteiger partial charge < -0.3 is 10.1 Å². The molecular formula is C18H30ClNO. The minimum atomic E-state index is 0.517. The van der Waals surface area contributed by atoms with Crippen LogP contribution in [0.3, 0.4) is 0 Å². The maximum absolute atomic E-state index is 6.08. The molecule has 120 valence electrons. The normalized spacial score (nSPS) is 13.1. The van der Waals surface area contributed by atoms with E-state index in [1.807, 2.05) is 12.1 Å². The predicted molar refractivity (Wildman–Crippen MR) is 92.1 cm³/mol. The highest BCUT2D eigenvalue weighted by Crippen LogP contribution is 2.16. The number of benzene rings is 1. The lowest BCUT2D eigenvalue weighted by molar-refractivity contribution is 0.0973. The predicted octanol–water partition coefficient (Wildman–Crippen LogP) is 4.56. The molecule has 1 unspecified atom stereocenters. The molecule has 0 saturated heterocycles. The molecule has 1 atom stereocenters. The Kier molecular flexibility index (Phi) is 8.98. The summed E-state index contributed by atoms with van der Waals surface area (Å²) >= 11 is 6.08. The van der Waals surface area contributed by atoms with Gasteiger partial charge in [0.2, 0.25) is 0 Å². The zero-order valence-electron chi connectivity index (χ0n) is 13.9. The summed E-state index contributed by atoms with van der Waals surface area (Å²) in [6, 6.07) is 8.70. The second-order valence-electron chi connectivity index (χ2n) is 6.52. The summed E-state index contributed by atoms with van der Waals surface area (Å²) in [6.45, 7) is 11.4. The summed E-state index contributed by atoms with van der Waals surface area (Å²) < 4.78 is 5.74. The molecule has 0 amide bonds. The smallest absolute Gasteiger partial charge is 0.0488 e. The van der Waals surface area contributed by atoms with Crippen molar-refractivity contribution in [2.24, 2.45) is 11.8 Å². The molecule has 1 N–H and O–H groups in total. The fourth-order valence-electron chi connectivity index (χ4n) is 2.24. The number of ether oxygens (including phenoxy) is 1. The van der Waals surface area contributed by atoms with Crippen molar-refractivity contribution in [1.82, 2.24) is 5.32 Å². The van der Waals surface area contributed by atoms with E-state index < -0.39 is 0 Å². The van der Waals surface area contributed by atoms with Gasteiger partial charge in [-0.05, 0) is 48.9 Å². The van der Waals surface area contributed by atoms with Crippen LogP contribution in [0.2, 0.25) is 5.02 Å². The number of rotatable bonds is 10. The Bertz CT molecular complexity index is 393. The zero-order chi connectivity index (χ0) is 15.7. The van der Waals surface area contributed by atoms with Gasteiger partial charge in [-0.1, -0.05) is 51.4 Å². The van der Waals surface area contributed by atoms with Crippen LogP contribution in [0, 0.1) is 11.8 Å². The number of hydrogen-bond donors (Lipinski definition) is 1. The third-order valence-electron chi connectivity index (χ3n) is 3.35. The molecule has 0 aliphatic heterocycles. The summed E-state index contributed by atoms with van der Waals surface area (Å²) in [5.74, 6) is 1.18. The molecule has 0 aliphatic rings. The number of nitrogens with one attached hydrogen (secondary N) is 1. The number of hydrogen-bond acceptors (Lipinski definition) is 2. The van der Waals surface area contributed by atoms with Gasteiger partial charge in [-0.15, -0.1) is 0 Å². The van der Waals surface area contributed by atoms with Crippen molar-refractivity contribution < 1.29 is 4.74 Å². The zero-order valence-corrected chi connectivity index (χ0v) is 14.6. The molecule has 0 heterocycles. The van der Waals surface area contributed by atoms with Gasteiger partial charge in [0.15, 0.2) is 0 Å². The van der Waals surface area contributed by atoms with Crippen LogP contribution in [0.1, 0.15) is 39.7 Å². The van der Waals surface area contributed by atoms with Crippen LogP contribution in [0.5, 0.6) is 0 Å². The van der Waals surface area contributed by atoms with Gasteiger partial charge in [0.05, 0.1) is 0 Å². The molecule has 3 heteroatoms. The van der Waals surface area contributed by atoms with Crippen LogP contribution in [0.15, 0.2) is 24.3 Å². The van der Waals surface area contributed by atoms with Crippen LogP contribution >= 0.6 is 11.6 Å². The van der Waals surface area contributed by atoms with E-state index in [0.29, 0.717) is 17.9 Å². The summed E-state index contributed by atoms with van der Waals surface area (Å²) in [4.78, 5) is 0. The average Bonchev–Trinajstić information content (AvgIpc) is 2.40. The second-order valence-corrected chi connectivity index (χ2v) is 6.96. The van der Waals surface area contributed by atoms with Crippen LogP contribution < -0.4 is 5.32 Å². The van der Waals surface area contributed by atoms with E-state index in [2.05, 4.69) is 45.1 Å². The van der Waals surface area contributed by atoms with Crippen LogP contribution in [0.25, 0.3) is 0 Å². The van der Waals surface area contributed by atoms with E-state index in [1.54, 1.807) is 0 Å². The quantitative estimate of drug-likeness (QED) is 0.640. The van der Waals surface area contributed by atoms with Gasteiger partial charge in [-0.2, -0.15) is 0 Å². The molecule has 1 aromatic carbocycles. The topological polar surface area (TPSA) is 21.3 Å². The Balaban J connectivity index is 2.47. The molecule has 0 radical (unpaired) electrons. The Labute approximate surface area is 135 Å². The van der Waals surface area contributed by atoms with Crippen molar-refractivity contribution in [2.75, 3.05) is 19.8 Å². The highest BCUT2D eigenvalue weighted by Gasteiger charge is 2.11. The van der Waals surface area contributed by atoms with E-state index in [1.165, 1.54) is 5.56 Å². The Morgan fingerprint density at radius 3 is 2.57 bits per heavy atom. The van der Waals surface area contributed by atoms with E-state index >= 15 is 0 Å². The minimum absolute atomic E-state index is 0.517. The van der Waals surface area contributed by atoms with Crippen LogP contribution in [-0.4, -0.2) is 25.8 Å². The van der Waals surface area contributed by atoms with Crippen molar-refractivity contribution in [1.29, 1.82) is 0 Å². The first-order valence-corrected chi connectivity index (χ1v) is 8.40. The van der Waals surface area contributed by atoms with Crippen molar-refractivity contribution in [3.63, 3.8) is 0 Å². The molecular weight excluding hydrogens is 282 g/mol. The average molecular weight is 312 g/mol. The van der Waals surface area contributed by atoms with E-state index in [-0.39, 0.29) is 0 Å². The lowest BCUT2D eigenvalue weighted by Gasteiger charge is -2.20. The molecule has 0 saturated carbocycles. The molecule has 2 nitrogen and oxygen atoms in total. The van der Waals surface area contributed by atoms with Crippen molar-refractivity contribution in [2.45, 2.75) is 46.6 Å². The third-order valence-corrected chi connectivity index (χ3v) is 3.58. The van der Waals surface area contributed by atoms with Gasteiger partial charge >= 0.3 is 0 Å². The molecule has 0 fully saturated rings. The Hall–Kier alpha value is -0.570. The first-order chi connectivity index (χ1) is 9.97. The fourth-order valence-corrected chi connectivity index (χ4v) is 2.46. The standard InChI is InChI=1S/C18H30ClNO/c1-14(2)13-21-9-8-17(12-20-15(3)4)10-16-6-5-7-18(19)11-16/h5-7,11,14-15,17,20H,8-10,12-13H2,1-4H3. The van der Waals surface area contributed by atoms with Gasteiger partial charge in [-0.3, -0.25) is 0 Å². The Morgan fingerprint density at radius 2 is 1.95 bits per heavy atom. The fraction of sp³-hybridized carbons (Fsp3) is 0.667. The lowest BCUT2D eigenvalue weighted by atomic mass is 9.96. The van der Waals surface area contributed by atoms with Crippen molar-refractivity contribution in [3.8, 4) is 0 Å². The molecule has 0 aromatic heterocycles. The third kappa shape index (κ3) is 9.13. The maximum Gasteiger partial charge on any atom is 0.0488 e. The lowest BCUT2D eigenvalue weighted by Crippen LogP contribution is -2.30. The van der Waals surface area contributed by atoms with Crippen LogP contribution in [0.4, 0.5) is 0 Å². The molecule has 1 rings (SSSR count). The van der Waals surface area contributed by atoms with Crippen molar-refractivity contribution >= 4 is 11.6 Å². The van der Waals surface area contributed by atoms with Gasteiger partial charge in [-0.25, -0.2) is 0 Å². The first kappa shape index (κ1) is 18.5. The minimum Gasteiger partial charge on any atom is -0.381 e. The van der Waals surface area contributed by atoms with Crippen molar-refractivity contribution in [3.05, 3.63) is 34.9 Å². The van der Waals surface area contributed by atoms with Gasteiger partial charge in [0.25, 0.3) is 0 Å². The number of halogens is 1. The van der Waals surface area contributed by atoms with Gasteiger partial charge in [0.1, 0.15) is 0 Å². The molecule has 0 aliphatic carbocycles. The molecule has 0 spiro atoms. The van der Waals surface area contributed by atoms with E-state index in [9.17, 15) is 0 Å². The summed E-state index contributed by atoms with van der Waals surface area (Å²) in [6.07, 6.45) is 2.13. The molecule has 1 aromatic rings. The summed E-state index contributed by atoms with van der Waals surface area (Å²) in [7, 11) is 0. The molecule has 0 bridgehead atoms. The largest absolute Gasteiger partial charge is 0.381 e. The Morgan fingerprint density at radius 1 is 1.19 bits per heavy atom. The highest BCUT2D eigenvalue weighted by atomic mass is 35.5. The van der Waals surface area contributed by atoms with E-state index in [0.717, 1.165) is 37.6 Å². The second kappa shape index (κ2) is 10.2. The molecule has 21 heavy (non-hydrogen) atoms. The summed E-state index contributed by atoms with van der Waals surface area (Å²) in [5.41, 5.74) is 1.31. The summed E-state index contributed by atoms with van der Waals surface area (Å²) in [5, 5.41) is 4.36. The van der Waals surface area contributed by atoms with Gasteiger partial charge in [0, 0.05) is 24.3 Å². The highest BCUT2D eigenvalue weighted by molar-refractivity contribution is 6.30. The maximum atomic E-state index is 6.08. The first-order valence-electron chi connectivity index (χ1n) is 8.03. The SMILES string of the molecule is CC(C)COCCC(CNC(C)C)Cc1cccc(Cl)c1. The van der Waals surface area contributed by atoms with Crippen LogP contribution in [-0.2, 0) is 11.2 Å². The van der Waals surface area contributed by atoms with E-state index in [4.69, 9.17) is 16.3 Å². The monoisotopic (exact) mass is 311 g/mol.